The average Bonchev–Trinajstić information content (AvgIpc) is 2.46. The normalized spacial score (nSPS) is 20.6. The van der Waals surface area contributed by atoms with Crippen molar-refractivity contribution in [1.29, 1.82) is 0 Å². The van der Waals surface area contributed by atoms with Gasteiger partial charge >= 0.3 is 0 Å². The molecule has 0 aliphatic carbocycles. The van der Waals surface area contributed by atoms with Crippen molar-refractivity contribution in [2.45, 2.75) is 25.8 Å². The maximum atomic E-state index is 12.7. The number of carbonyl (C=O) groups excluding carboxylic acids is 1. The van der Waals surface area contributed by atoms with Crippen molar-refractivity contribution in [2.75, 3.05) is 32.1 Å². The molecule has 1 aromatic heterocycles. The number of nitrogens with zero attached hydrogens (tertiary/aromatic N) is 3. The fraction of sp³-hybridized carbons (Fsp3) is 0.600. The van der Waals surface area contributed by atoms with Gasteiger partial charge in [0.15, 0.2) is 0 Å². The number of amides is 1. The minimum absolute atomic E-state index is 0. The van der Waals surface area contributed by atoms with Crippen LogP contribution in [0.15, 0.2) is 18.3 Å². The first-order chi connectivity index (χ1) is 9.52. The van der Waals surface area contributed by atoms with Crippen LogP contribution in [0, 0.1) is 5.92 Å². The predicted molar refractivity (Wildman–Crippen MR) is 95.3 cm³/mol. The molecule has 22 heavy (non-hydrogen) atoms. The number of rotatable bonds is 3. The summed E-state index contributed by atoms with van der Waals surface area (Å²) in [5.41, 5.74) is 6.53. The Hall–Kier alpha value is -1.04. The molecule has 0 bridgehead atoms. The number of hydrogen-bond acceptors (Lipinski definition) is 4. The average molecular weight is 349 g/mol. The van der Waals surface area contributed by atoms with Crippen molar-refractivity contribution in [3.63, 3.8) is 0 Å². The van der Waals surface area contributed by atoms with Crippen LogP contribution in [-0.4, -0.2) is 49.0 Å². The molecular weight excluding hydrogens is 323 g/mol. The van der Waals surface area contributed by atoms with Gasteiger partial charge in [0, 0.05) is 45.0 Å². The summed E-state index contributed by atoms with van der Waals surface area (Å²) in [5, 5.41) is 0. The summed E-state index contributed by atoms with van der Waals surface area (Å²) >= 11 is 0. The van der Waals surface area contributed by atoms with E-state index in [1.165, 1.54) is 0 Å². The van der Waals surface area contributed by atoms with Gasteiger partial charge in [-0.15, -0.1) is 24.8 Å². The van der Waals surface area contributed by atoms with Crippen LogP contribution in [0.5, 0.6) is 0 Å². The Bertz CT molecular complexity index is 484. The van der Waals surface area contributed by atoms with Crippen LogP contribution in [0.1, 0.15) is 30.1 Å². The molecule has 2 heterocycles. The third-order valence-electron chi connectivity index (χ3n) is 3.96. The number of nitrogens with two attached hydrogens (primary N) is 1. The first-order valence-corrected chi connectivity index (χ1v) is 7.17. The number of carbonyl (C=O) groups is 1. The smallest absolute Gasteiger partial charge is 0.254 e. The van der Waals surface area contributed by atoms with Crippen molar-refractivity contribution in [3.05, 3.63) is 23.9 Å². The first kappa shape index (κ1) is 21.0. The van der Waals surface area contributed by atoms with Crippen molar-refractivity contribution < 1.29 is 4.79 Å². The number of hydrogen-bond donors (Lipinski definition) is 1. The van der Waals surface area contributed by atoms with E-state index in [-0.39, 0.29) is 36.8 Å². The van der Waals surface area contributed by atoms with E-state index in [0.29, 0.717) is 18.0 Å². The highest BCUT2D eigenvalue weighted by atomic mass is 35.5. The summed E-state index contributed by atoms with van der Waals surface area (Å²) in [5.74, 6) is 1.51. The topological polar surface area (TPSA) is 62.5 Å². The van der Waals surface area contributed by atoms with Crippen LogP contribution >= 0.6 is 24.8 Å². The lowest BCUT2D eigenvalue weighted by molar-refractivity contribution is 0.0573. The molecule has 1 aliphatic heterocycles. The number of halogens is 2. The molecule has 1 aliphatic rings. The van der Waals surface area contributed by atoms with Crippen molar-refractivity contribution in [2.24, 2.45) is 11.7 Å². The molecule has 0 saturated carbocycles. The van der Waals surface area contributed by atoms with Crippen molar-refractivity contribution >= 4 is 36.5 Å². The van der Waals surface area contributed by atoms with E-state index in [4.69, 9.17) is 5.73 Å². The standard InChI is InChI=1S/C15H24N4O.2ClH/c1-11-5-7-19(13(8-11)10-16)15(20)12-4-6-17-14(9-12)18(2)3;;/h4,6,9,11,13H,5,7-8,10,16H2,1-3H3;2*1H. The molecule has 126 valence electrons. The van der Waals surface area contributed by atoms with Gasteiger partial charge in [0.1, 0.15) is 5.82 Å². The summed E-state index contributed by atoms with van der Waals surface area (Å²) in [6, 6.07) is 3.77. The summed E-state index contributed by atoms with van der Waals surface area (Å²) < 4.78 is 0. The molecule has 1 aromatic rings. The van der Waals surface area contributed by atoms with E-state index >= 15 is 0 Å². The molecule has 1 amide bonds. The molecule has 1 fully saturated rings. The van der Waals surface area contributed by atoms with Crippen LogP contribution in [0.2, 0.25) is 0 Å². The molecule has 2 N–H and O–H groups in total. The van der Waals surface area contributed by atoms with Gasteiger partial charge in [-0.05, 0) is 30.9 Å². The van der Waals surface area contributed by atoms with E-state index in [0.717, 1.165) is 25.2 Å². The third-order valence-corrected chi connectivity index (χ3v) is 3.96. The zero-order valence-corrected chi connectivity index (χ0v) is 15.0. The second-order valence-electron chi connectivity index (χ2n) is 5.81. The minimum atomic E-state index is 0. The minimum Gasteiger partial charge on any atom is -0.363 e. The molecular formula is C15H26Cl2N4O. The molecule has 7 heteroatoms. The Labute approximate surface area is 145 Å². The lowest BCUT2D eigenvalue weighted by Gasteiger charge is -2.38. The second-order valence-corrected chi connectivity index (χ2v) is 5.81. The van der Waals surface area contributed by atoms with Crippen LogP contribution in [0.3, 0.4) is 0 Å². The molecule has 5 nitrogen and oxygen atoms in total. The molecule has 2 rings (SSSR count). The quantitative estimate of drug-likeness (QED) is 0.909. The van der Waals surface area contributed by atoms with Gasteiger partial charge in [0.2, 0.25) is 0 Å². The second kappa shape index (κ2) is 9.18. The van der Waals surface area contributed by atoms with E-state index in [9.17, 15) is 4.79 Å². The zero-order chi connectivity index (χ0) is 14.7. The van der Waals surface area contributed by atoms with Crippen LogP contribution in [-0.2, 0) is 0 Å². The number of piperidine rings is 1. The number of pyridine rings is 1. The summed E-state index contributed by atoms with van der Waals surface area (Å²) in [7, 11) is 3.84. The fourth-order valence-corrected chi connectivity index (χ4v) is 2.70. The van der Waals surface area contributed by atoms with Crippen LogP contribution < -0.4 is 10.6 Å². The zero-order valence-electron chi connectivity index (χ0n) is 13.4. The van der Waals surface area contributed by atoms with Crippen LogP contribution in [0.25, 0.3) is 0 Å². The third kappa shape index (κ3) is 4.73. The Balaban J connectivity index is 0.00000220. The van der Waals surface area contributed by atoms with Gasteiger partial charge < -0.3 is 15.5 Å². The largest absolute Gasteiger partial charge is 0.363 e. The van der Waals surface area contributed by atoms with E-state index in [1.807, 2.05) is 30.0 Å². The summed E-state index contributed by atoms with van der Waals surface area (Å²) in [6.45, 7) is 3.55. The summed E-state index contributed by atoms with van der Waals surface area (Å²) in [6.07, 6.45) is 3.73. The molecule has 0 aromatic carbocycles. The molecule has 2 atom stereocenters. The van der Waals surface area contributed by atoms with Gasteiger partial charge in [0.25, 0.3) is 5.91 Å². The molecule has 0 spiro atoms. The monoisotopic (exact) mass is 348 g/mol. The van der Waals surface area contributed by atoms with Gasteiger partial charge in [-0.25, -0.2) is 4.98 Å². The highest BCUT2D eigenvalue weighted by Gasteiger charge is 2.29. The predicted octanol–water partition coefficient (Wildman–Crippen LogP) is 2.19. The van der Waals surface area contributed by atoms with E-state index in [2.05, 4.69) is 11.9 Å². The van der Waals surface area contributed by atoms with Crippen LogP contribution in [0.4, 0.5) is 5.82 Å². The lowest BCUT2D eigenvalue weighted by Crippen LogP contribution is -2.49. The molecule has 2 unspecified atom stereocenters. The Kier molecular flexibility index (Phi) is 8.74. The Morgan fingerprint density at radius 1 is 1.45 bits per heavy atom. The summed E-state index contributed by atoms with van der Waals surface area (Å²) in [4.78, 5) is 20.7. The molecule has 0 radical (unpaired) electrons. The van der Waals surface area contributed by atoms with Gasteiger partial charge in [-0.3, -0.25) is 4.79 Å². The Morgan fingerprint density at radius 2 is 2.14 bits per heavy atom. The molecule has 1 saturated heterocycles. The maximum Gasteiger partial charge on any atom is 0.254 e. The Morgan fingerprint density at radius 3 is 2.73 bits per heavy atom. The van der Waals surface area contributed by atoms with Crippen molar-refractivity contribution in [3.8, 4) is 0 Å². The number of anilines is 1. The lowest BCUT2D eigenvalue weighted by atomic mass is 9.92. The van der Waals surface area contributed by atoms with E-state index < -0.39 is 0 Å². The number of likely N-dealkylation sites (tertiary alicyclic amines) is 1. The highest BCUT2D eigenvalue weighted by molar-refractivity contribution is 5.95. The van der Waals surface area contributed by atoms with Gasteiger partial charge in [-0.1, -0.05) is 6.92 Å². The van der Waals surface area contributed by atoms with Gasteiger partial charge in [-0.2, -0.15) is 0 Å². The SMILES string of the molecule is CC1CCN(C(=O)c2ccnc(N(C)C)c2)C(CN)C1.Cl.Cl. The first-order valence-electron chi connectivity index (χ1n) is 7.17. The van der Waals surface area contributed by atoms with E-state index in [1.54, 1.807) is 12.3 Å². The number of aromatic nitrogens is 1. The highest BCUT2D eigenvalue weighted by Crippen LogP contribution is 2.24. The van der Waals surface area contributed by atoms with Gasteiger partial charge in [0.05, 0.1) is 0 Å². The maximum absolute atomic E-state index is 12.7. The van der Waals surface area contributed by atoms with Crippen molar-refractivity contribution in [1.82, 2.24) is 9.88 Å². The fourth-order valence-electron chi connectivity index (χ4n) is 2.70.